The maximum absolute atomic E-state index is 13.4. The first-order chi connectivity index (χ1) is 16.2. The molecule has 2 unspecified atom stereocenters. The fourth-order valence-electron chi connectivity index (χ4n) is 4.50. The van der Waals surface area contributed by atoms with Gasteiger partial charge in [-0.15, -0.1) is 0 Å². The molecule has 2 aromatic carbocycles. The van der Waals surface area contributed by atoms with Crippen molar-refractivity contribution in [1.82, 2.24) is 9.21 Å². The van der Waals surface area contributed by atoms with Gasteiger partial charge in [-0.3, -0.25) is 4.90 Å². The summed E-state index contributed by atoms with van der Waals surface area (Å²) in [5.74, 6) is 1.60. The van der Waals surface area contributed by atoms with Crippen molar-refractivity contribution >= 4 is 15.7 Å². The number of nitrogens with zero attached hydrogens (tertiary/aromatic N) is 3. The first kappa shape index (κ1) is 23.4. The van der Waals surface area contributed by atoms with Crippen molar-refractivity contribution in [2.75, 3.05) is 50.8 Å². The number of anilines is 1. The summed E-state index contributed by atoms with van der Waals surface area (Å²) in [6.45, 7) is 3.77. The van der Waals surface area contributed by atoms with Gasteiger partial charge in [0.25, 0.3) is 0 Å². The van der Waals surface area contributed by atoms with Crippen LogP contribution in [0.3, 0.4) is 0 Å². The summed E-state index contributed by atoms with van der Waals surface area (Å²) in [4.78, 5) is 3.77. The zero-order chi connectivity index (χ0) is 23.9. The first-order valence-corrected chi connectivity index (χ1v) is 13.0. The van der Waals surface area contributed by atoms with Gasteiger partial charge in [-0.25, -0.2) is 8.42 Å². The molecule has 1 saturated carbocycles. The lowest BCUT2D eigenvalue weighted by Gasteiger charge is -2.36. The number of alkyl halides is 3. The number of benzene rings is 2. The summed E-state index contributed by atoms with van der Waals surface area (Å²) in [5.41, 5.74) is -0.253. The molecule has 0 N–H and O–H groups in total. The fraction of sp³-hybridized carbons (Fsp3) is 0.500. The molecule has 0 aromatic heterocycles. The molecule has 0 amide bonds. The predicted molar refractivity (Wildman–Crippen MR) is 122 cm³/mol. The normalized spacial score (nSPS) is 23.7. The van der Waals surface area contributed by atoms with Crippen molar-refractivity contribution in [1.29, 1.82) is 0 Å². The first-order valence-electron chi connectivity index (χ1n) is 11.6. The number of piperazine rings is 1. The van der Waals surface area contributed by atoms with Crippen LogP contribution in [-0.2, 0) is 16.2 Å². The van der Waals surface area contributed by atoms with Gasteiger partial charge in [0.05, 0.1) is 22.2 Å². The lowest BCUT2D eigenvalue weighted by Crippen LogP contribution is -2.49. The van der Waals surface area contributed by atoms with Crippen molar-refractivity contribution in [3.63, 3.8) is 0 Å². The second kappa shape index (κ2) is 9.05. The van der Waals surface area contributed by atoms with Crippen LogP contribution in [-0.4, -0.2) is 69.5 Å². The fourth-order valence-corrected chi connectivity index (χ4v) is 6.13. The molecule has 1 aliphatic carbocycles. The van der Waals surface area contributed by atoms with Gasteiger partial charge in [0, 0.05) is 39.3 Å². The predicted octanol–water partition coefficient (Wildman–Crippen LogP) is 3.69. The van der Waals surface area contributed by atoms with Crippen LogP contribution in [0.4, 0.5) is 18.9 Å². The zero-order valence-corrected chi connectivity index (χ0v) is 19.6. The van der Waals surface area contributed by atoms with Crippen molar-refractivity contribution < 1.29 is 26.3 Å². The molecule has 2 aliphatic heterocycles. The van der Waals surface area contributed by atoms with Gasteiger partial charge in [0.1, 0.15) is 12.4 Å². The van der Waals surface area contributed by atoms with E-state index in [-0.39, 0.29) is 13.1 Å². The zero-order valence-electron chi connectivity index (χ0n) is 18.7. The molecule has 2 atom stereocenters. The van der Waals surface area contributed by atoms with Gasteiger partial charge in [-0.2, -0.15) is 17.5 Å². The van der Waals surface area contributed by atoms with Gasteiger partial charge in [-0.05, 0) is 43.0 Å². The van der Waals surface area contributed by atoms with E-state index in [1.54, 1.807) is 0 Å². The van der Waals surface area contributed by atoms with Crippen LogP contribution < -0.4 is 9.64 Å². The Kier molecular flexibility index (Phi) is 6.24. The van der Waals surface area contributed by atoms with E-state index in [1.807, 2.05) is 29.2 Å². The monoisotopic (exact) mass is 495 g/mol. The van der Waals surface area contributed by atoms with Crippen molar-refractivity contribution in [3.05, 3.63) is 54.1 Å². The third-order valence-electron chi connectivity index (χ3n) is 6.70. The maximum atomic E-state index is 13.4. The van der Waals surface area contributed by atoms with Crippen LogP contribution in [0, 0.1) is 5.92 Å². The Morgan fingerprint density at radius 1 is 0.941 bits per heavy atom. The van der Waals surface area contributed by atoms with E-state index in [4.69, 9.17) is 4.74 Å². The molecule has 2 heterocycles. The number of hydrogen-bond donors (Lipinski definition) is 0. The summed E-state index contributed by atoms with van der Waals surface area (Å²) in [6, 6.07) is 12.5. The number of halogens is 3. The summed E-state index contributed by atoms with van der Waals surface area (Å²) in [6.07, 6.45) is -2.08. The summed E-state index contributed by atoms with van der Waals surface area (Å²) >= 11 is 0. The standard InChI is InChI=1S/C24H28F3N3O3S/c25-24(26,27)20-5-1-4-8-23(20)34(31,32)30-13-11-28(12-14-30)21-6-2-3-7-22(21)33-17-19-16-29(19)15-18-9-10-18/h1-8,18-19H,9-17H2. The maximum Gasteiger partial charge on any atom is 0.417 e. The molecule has 184 valence electrons. The minimum atomic E-state index is -4.74. The van der Waals surface area contributed by atoms with E-state index < -0.39 is 26.7 Å². The highest BCUT2D eigenvalue weighted by Gasteiger charge is 2.40. The minimum Gasteiger partial charge on any atom is -0.490 e. The number of ether oxygens (including phenoxy) is 1. The molecule has 0 spiro atoms. The molecule has 3 aliphatic rings. The van der Waals surface area contributed by atoms with Crippen LogP contribution in [0.2, 0.25) is 0 Å². The second-order valence-corrected chi connectivity index (χ2v) is 11.1. The molecular formula is C24H28F3N3O3S. The smallest absolute Gasteiger partial charge is 0.417 e. The van der Waals surface area contributed by atoms with Crippen LogP contribution in [0.25, 0.3) is 0 Å². The highest BCUT2D eigenvalue weighted by Crippen LogP contribution is 2.37. The highest BCUT2D eigenvalue weighted by atomic mass is 32.2. The summed E-state index contributed by atoms with van der Waals surface area (Å²) in [7, 11) is -4.27. The van der Waals surface area contributed by atoms with Crippen LogP contribution in [0.1, 0.15) is 18.4 Å². The van der Waals surface area contributed by atoms with Crippen LogP contribution in [0.5, 0.6) is 5.75 Å². The minimum absolute atomic E-state index is 0.0979. The van der Waals surface area contributed by atoms with Crippen molar-refractivity contribution in [2.24, 2.45) is 5.92 Å². The Labute approximate surface area is 198 Å². The van der Waals surface area contributed by atoms with E-state index in [9.17, 15) is 21.6 Å². The van der Waals surface area contributed by atoms with E-state index >= 15 is 0 Å². The Morgan fingerprint density at radius 3 is 2.32 bits per heavy atom. The molecular weight excluding hydrogens is 467 g/mol. The molecule has 3 fully saturated rings. The van der Waals surface area contributed by atoms with Crippen molar-refractivity contribution in [3.8, 4) is 5.75 Å². The number of hydrogen-bond acceptors (Lipinski definition) is 5. The van der Waals surface area contributed by atoms with Gasteiger partial charge < -0.3 is 9.64 Å². The SMILES string of the molecule is O=S(=O)(c1ccccc1C(F)(F)F)N1CCN(c2ccccc2OCC2CN2CC2CC2)CC1. The number of sulfonamides is 1. The summed E-state index contributed by atoms with van der Waals surface area (Å²) < 4.78 is 73.5. The Balaban J connectivity index is 1.23. The average Bonchev–Trinajstić information content (AvgIpc) is 3.76. The van der Waals surface area contributed by atoms with E-state index in [2.05, 4.69) is 4.90 Å². The van der Waals surface area contributed by atoms with Gasteiger partial charge in [0.2, 0.25) is 10.0 Å². The Morgan fingerprint density at radius 2 is 1.62 bits per heavy atom. The topological polar surface area (TPSA) is 52.9 Å². The summed E-state index contributed by atoms with van der Waals surface area (Å²) in [5, 5.41) is 0. The lowest BCUT2D eigenvalue weighted by molar-refractivity contribution is -0.139. The molecule has 34 heavy (non-hydrogen) atoms. The third kappa shape index (κ3) is 5.04. The van der Waals surface area contributed by atoms with Crippen LogP contribution >= 0.6 is 0 Å². The lowest BCUT2D eigenvalue weighted by atomic mass is 10.2. The quantitative estimate of drug-likeness (QED) is 0.523. The van der Waals surface area contributed by atoms with Gasteiger partial charge >= 0.3 is 6.18 Å². The molecule has 5 rings (SSSR count). The molecule has 0 radical (unpaired) electrons. The number of rotatable bonds is 8. The second-order valence-electron chi connectivity index (χ2n) is 9.21. The average molecular weight is 496 g/mol. The van der Waals surface area contributed by atoms with Crippen LogP contribution in [0.15, 0.2) is 53.4 Å². The van der Waals surface area contributed by atoms with E-state index in [0.29, 0.717) is 25.7 Å². The van der Waals surface area contributed by atoms with E-state index in [1.165, 1.54) is 25.0 Å². The van der Waals surface area contributed by atoms with Gasteiger partial charge in [-0.1, -0.05) is 24.3 Å². The molecule has 2 aromatic rings. The highest BCUT2D eigenvalue weighted by molar-refractivity contribution is 7.89. The van der Waals surface area contributed by atoms with Crippen molar-refractivity contribution in [2.45, 2.75) is 30.0 Å². The van der Waals surface area contributed by atoms with E-state index in [0.717, 1.165) is 46.9 Å². The molecule has 2 saturated heterocycles. The molecule has 6 nitrogen and oxygen atoms in total. The number of para-hydroxylation sites is 2. The Bertz CT molecular complexity index is 1130. The third-order valence-corrected chi connectivity index (χ3v) is 8.66. The van der Waals surface area contributed by atoms with Gasteiger partial charge in [0.15, 0.2) is 0 Å². The molecule has 0 bridgehead atoms. The Hall–Kier alpha value is -2.30. The largest absolute Gasteiger partial charge is 0.490 e. The molecule has 10 heteroatoms.